The van der Waals surface area contributed by atoms with Crippen molar-refractivity contribution in [2.75, 3.05) is 0 Å². The number of aliphatic imine (C=N–C) groups is 1. The van der Waals surface area contributed by atoms with Crippen LogP contribution in [0.15, 0.2) is 14.6 Å². The standard InChI is InChI=1S/C4H3IN2/c5-3-1-4(6)7-2-3/h1-2,6H. The van der Waals surface area contributed by atoms with Crippen molar-refractivity contribution in [3.05, 3.63) is 9.66 Å². The highest BCUT2D eigenvalue weighted by Crippen LogP contribution is 2.07. The van der Waals surface area contributed by atoms with Crippen molar-refractivity contribution < 1.29 is 0 Å². The smallest absolute Gasteiger partial charge is 0.145 e. The van der Waals surface area contributed by atoms with Gasteiger partial charge in [-0.05, 0) is 28.7 Å². The number of halogens is 1. The molecule has 1 rings (SSSR count). The summed E-state index contributed by atoms with van der Waals surface area (Å²) >= 11 is 2.12. The third-order valence-corrected chi connectivity index (χ3v) is 1.19. The van der Waals surface area contributed by atoms with Crippen LogP contribution in [0.3, 0.4) is 0 Å². The zero-order valence-electron chi connectivity index (χ0n) is 3.48. The van der Waals surface area contributed by atoms with Gasteiger partial charge >= 0.3 is 0 Å². The molecule has 0 spiro atoms. The molecule has 0 saturated carbocycles. The lowest BCUT2D eigenvalue weighted by atomic mass is 10.6. The molecule has 36 valence electrons. The monoisotopic (exact) mass is 206 g/mol. The van der Waals surface area contributed by atoms with Gasteiger partial charge in [-0.1, -0.05) is 0 Å². The van der Waals surface area contributed by atoms with Crippen molar-refractivity contribution in [3.63, 3.8) is 0 Å². The van der Waals surface area contributed by atoms with E-state index in [2.05, 4.69) is 27.6 Å². The molecule has 0 bridgehead atoms. The van der Waals surface area contributed by atoms with E-state index in [0.717, 1.165) is 3.58 Å². The Labute approximate surface area is 55.0 Å². The quantitative estimate of drug-likeness (QED) is 0.581. The minimum absolute atomic E-state index is 0.351. The van der Waals surface area contributed by atoms with Crippen molar-refractivity contribution in [1.82, 2.24) is 0 Å². The van der Waals surface area contributed by atoms with Crippen LogP contribution >= 0.6 is 22.6 Å². The maximum absolute atomic E-state index is 6.90. The maximum atomic E-state index is 6.90. The number of hydrogen-bond donors (Lipinski definition) is 1. The van der Waals surface area contributed by atoms with E-state index in [4.69, 9.17) is 5.41 Å². The lowest BCUT2D eigenvalue weighted by Gasteiger charge is -1.69. The number of nitrogens with zero attached hydrogens (tertiary/aromatic N) is 1. The van der Waals surface area contributed by atoms with Crippen molar-refractivity contribution in [3.8, 4) is 0 Å². The summed E-state index contributed by atoms with van der Waals surface area (Å²) < 4.78 is 1.03. The van der Waals surface area contributed by atoms with Gasteiger partial charge in [0.15, 0.2) is 0 Å². The predicted octanol–water partition coefficient (Wildman–Crippen LogP) is 1.37. The normalized spacial score (nSPS) is 17.9. The third kappa shape index (κ3) is 1.09. The molecular weight excluding hydrogens is 203 g/mol. The maximum Gasteiger partial charge on any atom is 0.145 e. The number of nitrogens with one attached hydrogen (secondary N) is 1. The molecule has 0 saturated heterocycles. The molecule has 7 heavy (non-hydrogen) atoms. The van der Waals surface area contributed by atoms with E-state index in [1.807, 2.05) is 0 Å². The summed E-state index contributed by atoms with van der Waals surface area (Å²) in [5, 5.41) is 6.90. The van der Waals surface area contributed by atoms with E-state index >= 15 is 0 Å². The number of allylic oxidation sites excluding steroid dienone is 1. The van der Waals surface area contributed by atoms with Gasteiger partial charge in [0.1, 0.15) is 5.84 Å². The number of amidine groups is 1. The van der Waals surface area contributed by atoms with Gasteiger partial charge in [0.05, 0.1) is 0 Å². The Hall–Kier alpha value is -0.190. The van der Waals surface area contributed by atoms with Crippen LogP contribution in [0.2, 0.25) is 0 Å². The Morgan fingerprint density at radius 2 is 2.43 bits per heavy atom. The molecule has 0 aromatic heterocycles. The molecule has 0 aromatic carbocycles. The van der Waals surface area contributed by atoms with Crippen LogP contribution in [0, 0.1) is 5.41 Å². The van der Waals surface area contributed by atoms with Gasteiger partial charge < -0.3 is 0 Å². The Bertz CT molecular complexity index is 157. The Morgan fingerprint density at radius 3 is 2.57 bits per heavy atom. The van der Waals surface area contributed by atoms with E-state index in [1.165, 1.54) is 0 Å². The zero-order chi connectivity index (χ0) is 5.28. The van der Waals surface area contributed by atoms with E-state index < -0.39 is 0 Å². The third-order valence-electron chi connectivity index (χ3n) is 0.602. The van der Waals surface area contributed by atoms with Crippen LogP contribution in [0.25, 0.3) is 0 Å². The average Bonchev–Trinajstić information content (AvgIpc) is 1.87. The first-order valence-corrected chi connectivity index (χ1v) is 2.87. The first-order valence-electron chi connectivity index (χ1n) is 1.79. The Morgan fingerprint density at radius 1 is 1.71 bits per heavy atom. The molecule has 0 aliphatic carbocycles. The fourth-order valence-corrected chi connectivity index (χ4v) is 0.771. The van der Waals surface area contributed by atoms with Crippen molar-refractivity contribution in [2.24, 2.45) is 4.99 Å². The topological polar surface area (TPSA) is 36.2 Å². The number of rotatable bonds is 0. The minimum atomic E-state index is 0.351. The van der Waals surface area contributed by atoms with Crippen LogP contribution in [0.1, 0.15) is 0 Å². The summed E-state index contributed by atoms with van der Waals surface area (Å²) in [6, 6.07) is 0. The molecule has 2 nitrogen and oxygen atoms in total. The molecule has 1 aliphatic rings. The molecule has 0 fully saturated rings. The van der Waals surface area contributed by atoms with E-state index in [-0.39, 0.29) is 0 Å². The van der Waals surface area contributed by atoms with Gasteiger partial charge in [-0.25, -0.2) is 4.99 Å². The molecule has 0 aromatic rings. The van der Waals surface area contributed by atoms with E-state index in [1.54, 1.807) is 12.3 Å². The fraction of sp³-hybridized carbons (Fsp3) is 0. The van der Waals surface area contributed by atoms with Crippen molar-refractivity contribution in [2.45, 2.75) is 0 Å². The molecule has 0 unspecified atom stereocenters. The SMILES string of the molecule is N=C1C=C(I)C=N1. The fourth-order valence-electron chi connectivity index (χ4n) is 0.336. The lowest BCUT2D eigenvalue weighted by Crippen LogP contribution is -1.73. The molecule has 1 aliphatic heterocycles. The predicted molar refractivity (Wildman–Crippen MR) is 38.3 cm³/mol. The highest BCUT2D eigenvalue weighted by Gasteiger charge is 1.95. The molecule has 1 N–H and O–H groups in total. The molecule has 0 radical (unpaired) electrons. The van der Waals surface area contributed by atoms with Crippen LogP contribution in [0.4, 0.5) is 0 Å². The average molecular weight is 206 g/mol. The number of hydrogen-bond acceptors (Lipinski definition) is 1. The summed E-state index contributed by atoms with van der Waals surface area (Å²) in [6.45, 7) is 0. The highest BCUT2D eigenvalue weighted by atomic mass is 127. The van der Waals surface area contributed by atoms with Crippen LogP contribution < -0.4 is 0 Å². The van der Waals surface area contributed by atoms with Gasteiger partial charge in [-0.2, -0.15) is 0 Å². The van der Waals surface area contributed by atoms with Gasteiger partial charge in [0, 0.05) is 9.79 Å². The largest absolute Gasteiger partial charge is 0.283 e. The van der Waals surface area contributed by atoms with Gasteiger partial charge in [0.25, 0.3) is 0 Å². The molecular formula is C4H3IN2. The first kappa shape index (κ1) is 4.96. The van der Waals surface area contributed by atoms with Crippen LogP contribution in [-0.2, 0) is 0 Å². The summed E-state index contributed by atoms with van der Waals surface area (Å²) in [5.41, 5.74) is 0. The van der Waals surface area contributed by atoms with Crippen LogP contribution in [0.5, 0.6) is 0 Å². The van der Waals surface area contributed by atoms with Crippen LogP contribution in [-0.4, -0.2) is 12.1 Å². The van der Waals surface area contributed by atoms with E-state index in [0.29, 0.717) is 5.84 Å². The Balaban J connectivity index is 2.88. The molecule has 1 heterocycles. The van der Waals surface area contributed by atoms with E-state index in [9.17, 15) is 0 Å². The van der Waals surface area contributed by atoms with Gasteiger partial charge in [0.2, 0.25) is 0 Å². The molecule has 3 heteroatoms. The van der Waals surface area contributed by atoms with Crippen molar-refractivity contribution >= 4 is 34.6 Å². The second-order valence-corrected chi connectivity index (χ2v) is 2.42. The lowest BCUT2D eigenvalue weighted by molar-refractivity contribution is 1.48. The highest BCUT2D eigenvalue weighted by molar-refractivity contribution is 14.1. The second-order valence-electron chi connectivity index (χ2n) is 1.17. The Kier molecular flexibility index (Phi) is 1.23. The zero-order valence-corrected chi connectivity index (χ0v) is 5.64. The van der Waals surface area contributed by atoms with Crippen molar-refractivity contribution in [1.29, 1.82) is 5.41 Å². The summed E-state index contributed by atoms with van der Waals surface area (Å²) in [6.07, 6.45) is 3.38. The minimum Gasteiger partial charge on any atom is -0.283 e. The van der Waals surface area contributed by atoms with Gasteiger partial charge in [-0.3, -0.25) is 5.41 Å². The molecule has 0 amide bonds. The molecule has 0 atom stereocenters. The first-order chi connectivity index (χ1) is 3.29. The second kappa shape index (κ2) is 1.73. The summed E-state index contributed by atoms with van der Waals surface area (Å²) in [5.74, 6) is 0.351. The summed E-state index contributed by atoms with van der Waals surface area (Å²) in [4.78, 5) is 3.68. The summed E-state index contributed by atoms with van der Waals surface area (Å²) in [7, 11) is 0. The van der Waals surface area contributed by atoms with Gasteiger partial charge in [-0.15, -0.1) is 0 Å².